The van der Waals surface area contributed by atoms with E-state index in [0.29, 0.717) is 26.2 Å². The number of nitro benzene ring substituents is 1. The SMILES string of the molecule is CC1CCN(c2ccc(N3CCN(S(=O)(=O)c4ccc([N+](=O)[O-])cc4)CC3)nn2)CC1. The number of piperidine rings is 1. The van der Waals surface area contributed by atoms with Crippen molar-refractivity contribution in [3.63, 3.8) is 0 Å². The molecular weight excluding hydrogens is 420 g/mol. The van der Waals surface area contributed by atoms with Crippen LogP contribution in [-0.2, 0) is 10.0 Å². The minimum absolute atomic E-state index is 0.0616. The molecule has 10 nitrogen and oxygen atoms in total. The van der Waals surface area contributed by atoms with Crippen molar-refractivity contribution in [1.82, 2.24) is 14.5 Å². The lowest BCUT2D eigenvalue weighted by molar-refractivity contribution is -0.384. The lowest BCUT2D eigenvalue weighted by Gasteiger charge is -2.35. The molecule has 0 saturated carbocycles. The van der Waals surface area contributed by atoms with Crippen LogP contribution in [0, 0.1) is 16.0 Å². The summed E-state index contributed by atoms with van der Waals surface area (Å²) < 4.78 is 27.1. The highest BCUT2D eigenvalue weighted by Gasteiger charge is 2.29. The van der Waals surface area contributed by atoms with Crippen molar-refractivity contribution in [2.75, 3.05) is 49.1 Å². The lowest BCUT2D eigenvalue weighted by Crippen LogP contribution is -2.49. The Labute approximate surface area is 181 Å². The molecule has 1 aromatic heterocycles. The van der Waals surface area contributed by atoms with E-state index in [-0.39, 0.29) is 10.6 Å². The maximum Gasteiger partial charge on any atom is 0.269 e. The fourth-order valence-electron chi connectivity index (χ4n) is 3.94. The van der Waals surface area contributed by atoms with Gasteiger partial charge in [0.15, 0.2) is 11.6 Å². The Bertz CT molecular complexity index is 1010. The molecular formula is C20H26N6O4S. The minimum atomic E-state index is -3.69. The molecule has 0 amide bonds. The topological polar surface area (TPSA) is 113 Å². The molecule has 0 aliphatic carbocycles. The van der Waals surface area contributed by atoms with Gasteiger partial charge in [-0.3, -0.25) is 10.1 Å². The molecule has 0 bridgehead atoms. The molecule has 0 spiro atoms. The van der Waals surface area contributed by atoms with Crippen LogP contribution in [0.4, 0.5) is 17.3 Å². The largest absolute Gasteiger partial charge is 0.355 e. The average Bonchev–Trinajstić information content (AvgIpc) is 2.80. The second kappa shape index (κ2) is 8.75. The third-order valence-electron chi connectivity index (χ3n) is 5.99. The van der Waals surface area contributed by atoms with Crippen LogP contribution in [-0.4, -0.2) is 67.1 Å². The zero-order valence-electron chi connectivity index (χ0n) is 17.4. The third kappa shape index (κ3) is 4.62. The van der Waals surface area contributed by atoms with Gasteiger partial charge in [-0.2, -0.15) is 4.31 Å². The molecule has 0 radical (unpaired) electrons. The van der Waals surface area contributed by atoms with Crippen LogP contribution in [0.5, 0.6) is 0 Å². The van der Waals surface area contributed by atoms with Crippen molar-refractivity contribution < 1.29 is 13.3 Å². The van der Waals surface area contributed by atoms with Crippen molar-refractivity contribution in [3.8, 4) is 0 Å². The van der Waals surface area contributed by atoms with Crippen molar-refractivity contribution in [3.05, 3.63) is 46.5 Å². The van der Waals surface area contributed by atoms with Gasteiger partial charge in [0.2, 0.25) is 10.0 Å². The quantitative estimate of drug-likeness (QED) is 0.507. The number of aromatic nitrogens is 2. The summed E-state index contributed by atoms with van der Waals surface area (Å²) in [7, 11) is -3.69. The Hall–Kier alpha value is -2.79. The first-order chi connectivity index (χ1) is 14.8. The zero-order valence-corrected chi connectivity index (χ0v) is 18.2. The molecule has 0 N–H and O–H groups in total. The molecule has 31 heavy (non-hydrogen) atoms. The first-order valence-corrected chi connectivity index (χ1v) is 11.9. The van der Waals surface area contributed by atoms with Crippen LogP contribution in [0.1, 0.15) is 19.8 Å². The highest BCUT2D eigenvalue weighted by molar-refractivity contribution is 7.89. The zero-order chi connectivity index (χ0) is 22.0. The number of anilines is 2. The molecule has 2 aliphatic heterocycles. The van der Waals surface area contributed by atoms with E-state index in [2.05, 4.69) is 22.0 Å². The van der Waals surface area contributed by atoms with Gasteiger partial charge in [0.25, 0.3) is 5.69 Å². The second-order valence-corrected chi connectivity index (χ2v) is 10.00. The van der Waals surface area contributed by atoms with Crippen LogP contribution in [0.3, 0.4) is 0 Å². The van der Waals surface area contributed by atoms with E-state index < -0.39 is 14.9 Å². The van der Waals surface area contributed by atoms with Gasteiger partial charge in [-0.25, -0.2) is 8.42 Å². The van der Waals surface area contributed by atoms with Crippen molar-refractivity contribution in [2.45, 2.75) is 24.7 Å². The van der Waals surface area contributed by atoms with E-state index in [1.54, 1.807) is 0 Å². The summed E-state index contributed by atoms with van der Waals surface area (Å²) in [6, 6.07) is 8.92. The lowest BCUT2D eigenvalue weighted by atomic mass is 9.99. The minimum Gasteiger partial charge on any atom is -0.355 e. The number of nitro groups is 1. The van der Waals surface area contributed by atoms with Gasteiger partial charge >= 0.3 is 0 Å². The molecule has 2 aromatic rings. The van der Waals surface area contributed by atoms with Crippen molar-refractivity contribution in [2.24, 2.45) is 5.92 Å². The second-order valence-electron chi connectivity index (χ2n) is 8.06. The normalized spacial score (nSPS) is 18.9. The Morgan fingerprint density at radius 2 is 1.39 bits per heavy atom. The number of hydrogen-bond acceptors (Lipinski definition) is 8. The molecule has 2 aliphatic rings. The number of non-ortho nitro benzene ring substituents is 1. The van der Waals surface area contributed by atoms with Crippen LogP contribution in [0.25, 0.3) is 0 Å². The number of piperazine rings is 1. The van der Waals surface area contributed by atoms with Gasteiger partial charge in [-0.1, -0.05) is 6.92 Å². The van der Waals surface area contributed by atoms with Crippen LogP contribution in [0.15, 0.2) is 41.3 Å². The summed E-state index contributed by atoms with van der Waals surface area (Å²) in [6.45, 7) is 5.89. The van der Waals surface area contributed by atoms with Gasteiger partial charge in [0.05, 0.1) is 9.82 Å². The van der Waals surface area contributed by atoms with E-state index in [9.17, 15) is 18.5 Å². The summed E-state index contributed by atoms with van der Waals surface area (Å²) in [6.07, 6.45) is 2.32. The average molecular weight is 447 g/mol. The summed E-state index contributed by atoms with van der Waals surface area (Å²) in [4.78, 5) is 14.6. The van der Waals surface area contributed by atoms with Gasteiger partial charge in [0, 0.05) is 51.4 Å². The monoisotopic (exact) mass is 446 g/mol. The van der Waals surface area contributed by atoms with E-state index in [1.807, 2.05) is 17.0 Å². The predicted octanol–water partition coefficient (Wildman–Crippen LogP) is 2.13. The molecule has 11 heteroatoms. The standard InChI is InChI=1S/C20H26N6O4S/c1-16-8-10-23(11-9-16)19-6-7-20(22-21-19)24-12-14-25(15-13-24)31(29,30)18-4-2-17(3-5-18)26(27)28/h2-7,16H,8-15H2,1H3. The van der Waals surface area contributed by atoms with Crippen molar-refractivity contribution >= 4 is 27.3 Å². The first-order valence-electron chi connectivity index (χ1n) is 10.4. The Kier molecular flexibility index (Phi) is 6.05. The molecule has 3 heterocycles. The Morgan fingerprint density at radius 3 is 1.87 bits per heavy atom. The van der Waals surface area contributed by atoms with Gasteiger partial charge in [0.1, 0.15) is 0 Å². The number of rotatable bonds is 5. The number of sulfonamides is 1. The van der Waals surface area contributed by atoms with Crippen LogP contribution >= 0.6 is 0 Å². The fraction of sp³-hybridized carbons (Fsp3) is 0.500. The molecule has 2 saturated heterocycles. The van der Waals surface area contributed by atoms with E-state index >= 15 is 0 Å². The predicted molar refractivity (Wildman–Crippen MR) is 117 cm³/mol. The molecule has 0 unspecified atom stereocenters. The molecule has 1 aromatic carbocycles. The Morgan fingerprint density at radius 1 is 0.871 bits per heavy atom. The molecule has 166 valence electrons. The van der Waals surface area contributed by atoms with E-state index in [1.165, 1.54) is 28.6 Å². The van der Waals surface area contributed by atoms with Crippen molar-refractivity contribution in [1.29, 1.82) is 0 Å². The van der Waals surface area contributed by atoms with Crippen LogP contribution < -0.4 is 9.80 Å². The Balaban J connectivity index is 1.37. The summed E-state index contributed by atoms with van der Waals surface area (Å²) in [5.41, 5.74) is -0.134. The third-order valence-corrected chi connectivity index (χ3v) is 7.90. The molecule has 0 atom stereocenters. The van der Waals surface area contributed by atoms with E-state index in [4.69, 9.17) is 0 Å². The first kappa shape index (κ1) is 21.4. The van der Waals surface area contributed by atoms with Gasteiger partial charge in [-0.05, 0) is 43.0 Å². The highest BCUT2D eigenvalue weighted by Crippen LogP contribution is 2.24. The number of benzene rings is 1. The maximum absolute atomic E-state index is 12.9. The molecule has 4 rings (SSSR count). The summed E-state index contributed by atoms with van der Waals surface area (Å²) >= 11 is 0. The summed E-state index contributed by atoms with van der Waals surface area (Å²) in [5.74, 6) is 2.37. The summed E-state index contributed by atoms with van der Waals surface area (Å²) in [5, 5.41) is 19.5. The van der Waals surface area contributed by atoms with E-state index in [0.717, 1.165) is 43.5 Å². The van der Waals surface area contributed by atoms with Crippen LogP contribution in [0.2, 0.25) is 0 Å². The smallest absolute Gasteiger partial charge is 0.269 e. The van der Waals surface area contributed by atoms with Gasteiger partial charge < -0.3 is 9.80 Å². The maximum atomic E-state index is 12.9. The number of nitrogens with zero attached hydrogens (tertiary/aromatic N) is 6. The number of hydrogen-bond donors (Lipinski definition) is 0. The molecule has 2 fully saturated rings. The highest BCUT2D eigenvalue weighted by atomic mass is 32.2. The fourth-order valence-corrected chi connectivity index (χ4v) is 5.36. The van der Waals surface area contributed by atoms with Gasteiger partial charge in [-0.15, -0.1) is 10.2 Å².